The van der Waals surface area contributed by atoms with Crippen molar-refractivity contribution in [2.45, 2.75) is 77.2 Å². The molecule has 94 valence electrons. The van der Waals surface area contributed by atoms with Gasteiger partial charge in [-0.3, -0.25) is 0 Å². The molecule has 1 nitrogen and oxygen atoms in total. The van der Waals surface area contributed by atoms with Crippen molar-refractivity contribution < 1.29 is 4.48 Å². The van der Waals surface area contributed by atoms with E-state index in [0.717, 1.165) is 6.04 Å². The summed E-state index contributed by atoms with van der Waals surface area (Å²) in [5, 5.41) is 0. The summed E-state index contributed by atoms with van der Waals surface area (Å²) in [4.78, 5) is 0. The van der Waals surface area contributed by atoms with Crippen LogP contribution >= 0.6 is 0 Å². The van der Waals surface area contributed by atoms with E-state index in [2.05, 4.69) is 6.92 Å². The minimum Gasteiger partial charge on any atom is -0.321 e. The SMILES string of the molecule is CCCC[N+]1(C2CCCCC2)CCCCC1. The lowest BCUT2D eigenvalue weighted by Gasteiger charge is -2.49. The van der Waals surface area contributed by atoms with E-state index in [4.69, 9.17) is 0 Å². The molecule has 1 heteroatoms. The molecule has 0 aromatic heterocycles. The van der Waals surface area contributed by atoms with E-state index >= 15 is 0 Å². The van der Waals surface area contributed by atoms with E-state index in [9.17, 15) is 0 Å². The first kappa shape index (κ1) is 12.4. The van der Waals surface area contributed by atoms with Crippen LogP contribution in [0.4, 0.5) is 0 Å². The largest absolute Gasteiger partial charge is 0.321 e. The second-order valence-electron chi connectivity index (χ2n) is 6.10. The summed E-state index contributed by atoms with van der Waals surface area (Å²) in [6, 6.07) is 1.04. The summed E-state index contributed by atoms with van der Waals surface area (Å²) in [5.41, 5.74) is 0. The van der Waals surface area contributed by atoms with Crippen LogP contribution < -0.4 is 0 Å². The van der Waals surface area contributed by atoms with Crippen molar-refractivity contribution in [3.63, 3.8) is 0 Å². The number of hydrogen-bond donors (Lipinski definition) is 0. The quantitative estimate of drug-likeness (QED) is 0.630. The Balaban J connectivity index is 1.99. The summed E-state index contributed by atoms with van der Waals surface area (Å²) in [7, 11) is 0. The molecule has 0 N–H and O–H groups in total. The van der Waals surface area contributed by atoms with Crippen LogP contribution in [0.3, 0.4) is 0 Å². The van der Waals surface area contributed by atoms with Gasteiger partial charge >= 0.3 is 0 Å². The minimum absolute atomic E-state index is 1.04. The molecule has 0 aromatic rings. The number of rotatable bonds is 4. The molecule has 1 aliphatic carbocycles. The van der Waals surface area contributed by atoms with Crippen LogP contribution in [-0.2, 0) is 0 Å². The van der Waals surface area contributed by atoms with Crippen molar-refractivity contribution in [3.8, 4) is 0 Å². The number of hydrogen-bond acceptors (Lipinski definition) is 0. The summed E-state index contributed by atoms with van der Waals surface area (Å²) >= 11 is 0. The van der Waals surface area contributed by atoms with Crippen LogP contribution in [0.2, 0.25) is 0 Å². The number of likely N-dealkylation sites (tertiary alicyclic amines) is 1. The molecule has 0 unspecified atom stereocenters. The van der Waals surface area contributed by atoms with E-state index in [0.29, 0.717) is 0 Å². The van der Waals surface area contributed by atoms with Gasteiger partial charge in [0.1, 0.15) is 0 Å². The zero-order valence-corrected chi connectivity index (χ0v) is 11.2. The Hall–Kier alpha value is -0.0400. The van der Waals surface area contributed by atoms with Gasteiger partial charge < -0.3 is 4.48 Å². The fourth-order valence-corrected chi connectivity index (χ4v) is 4.02. The van der Waals surface area contributed by atoms with Gasteiger partial charge in [0.25, 0.3) is 0 Å². The first-order chi connectivity index (χ1) is 7.87. The van der Waals surface area contributed by atoms with Gasteiger partial charge in [0.05, 0.1) is 25.7 Å². The van der Waals surface area contributed by atoms with Gasteiger partial charge in [0.15, 0.2) is 0 Å². The molecule has 2 rings (SSSR count). The Labute approximate surface area is 102 Å². The lowest BCUT2D eigenvalue weighted by Crippen LogP contribution is -2.59. The van der Waals surface area contributed by atoms with Crippen LogP contribution in [-0.4, -0.2) is 30.2 Å². The maximum atomic E-state index is 2.35. The highest BCUT2D eigenvalue weighted by atomic mass is 15.4. The van der Waals surface area contributed by atoms with Crippen LogP contribution in [0.25, 0.3) is 0 Å². The number of unbranched alkanes of at least 4 members (excludes halogenated alkanes) is 1. The Bertz CT molecular complexity index is 188. The number of quaternary nitrogens is 1. The van der Waals surface area contributed by atoms with Crippen LogP contribution in [0.1, 0.15) is 71.1 Å². The van der Waals surface area contributed by atoms with Gasteiger partial charge in [-0.25, -0.2) is 0 Å². The predicted molar refractivity (Wildman–Crippen MR) is 70.5 cm³/mol. The molecule has 0 bridgehead atoms. The molecule has 0 radical (unpaired) electrons. The van der Waals surface area contributed by atoms with Crippen molar-refractivity contribution in [2.75, 3.05) is 19.6 Å². The molecule has 1 saturated heterocycles. The summed E-state index contributed by atoms with van der Waals surface area (Å²) in [5.74, 6) is 0. The fourth-order valence-electron chi connectivity index (χ4n) is 4.02. The second-order valence-corrected chi connectivity index (χ2v) is 6.10. The van der Waals surface area contributed by atoms with Gasteiger partial charge in [0, 0.05) is 0 Å². The highest BCUT2D eigenvalue weighted by Crippen LogP contribution is 2.32. The standard InChI is InChI=1S/C15H30N/c1-2-3-12-16(13-8-5-9-14-16)15-10-6-4-7-11-15/h15H,2-14H2,1H3/q+1. The summed E-state index contributed by atoms with van der Waals surface area (Å²) in [6.07, 6.45) is 14.9. The molecule has 2 aliphatic rings. The topological polar surface area (TPSA) is 0 Å². The van der Waals surface area contributed by atoms with Crippen molar-refractivity contribution in [1.29, 1.82) is 0 Å². The average Bonchev–Trinajstić information content (AvgIpc) is 2.38. The maximum Gasteiger partial charge on any atom is 0.0890 e. The van der Waals surface area contributed by atoms with E-state index in [1.54, 1.807) is 0 Å². The smallest absolute Gasteiger partial charge is 0.0890 e. The molecular weight excluding hydrogens is 194 g/mol. The molecular formula is C15H30N+. The van der Waals surface area contributed by atoms with Crippen LogP contribution in [0.5, 0.6) is 0 Å². The van der Waals surface area contributed by atoms with Crippen molar-refractivity contribution in [2.24, 2.45) is 0 Å². The molecule has 1 heterocycles. The molecule has 1 aliphatic heterocycles. The molecule has 16 heavy (non-hydrogen) atoms. The first-order valence-electron chi connectivity index (χ1n) is 7.73. The summed E-state index contributed by atoms with van der Waals surface area (Å²) < 4.78 is 1.52. The maximum absolute atomic E-state index is 2.35. The fraction of sp³-hybridized carbons (Fsp3) is 1.00. The molecule has 0 aromatic carbocycles. The van der Waals surface area contributed by atoms with Gasteiger partial charge in [-0.2, -0.15) is 0 Å². The van der Waals surface area contributed by atoms with Crippen molar-refractivity contribution >= 4 is 0 Å². The summed E-state index contributed by atoms with van der Waals surface area (Å²) in [6.45, 7) is 6.85. The van der Waals surface area contributed by atoms with E-state index in [-0.39, 0.29) is 0 Å². The normalized spacial score (nSPS) is 26.8. The van der Waals surface area contributed by atoms with Gasteiger partial charge in [-0.15, -0.1) is 0 Å². The molecule has 0 spiro atoms. The third-order valence-electron chi connectivity index (χ3n) is 5.01. The minimum atomic E-state index is 1.04. The van der Waals surface area contributed by atoms with Gasteiger partial charge in [-0.1, -0.05) is 19.8 Å². The monoisotopic (exact) mass is 224 g/mol. The van der Waals surface area contributed by atoms with E-state index < -0.39 is 0 Å². The van der Waals surface area contributed by atoms with Crippen molar-refractivity contribution in [3.05, 3.63) is 0 Å². The average molecular weight is 224 g/mol. The van der Waals surface area contributed by atoms with Gasteiger partial charge in [0.2, 0.25) is 0 Å². The number of piperidine rings is 1. The Kier molecular flexibility index (Phi) is 4.69. The Morgan fingerprint density at radius 1 is 0.875 bits per heavy atom. The molecule has 2 fully saturated rings. The lowest BCUT2D eigenvalue weighted by atomic mass is 9.89. The highest BCUT2D eigenvalue weighted by molar-refractivity contribution is 4.70. The third-order valence-corrected chi connectivity index (χ3v) is 5.01. The van der Waals surface area contributed by atoms with Crippen molar-refractivity contribution in [1.82, 2.24) is 0 Å². The van der Waals surface area contributed by atoms with Crippen LogP contribution in [0, 0.1) is 0 Å². The van der Waals surface area contributed by atoms with Crippen LogP contribution in [0.15, 0.2) is 0 Å². The van der Waals surface area contributed by atoms with E-state index in [1.165, 1.54) is 88.3 Å². The highest BCUT2D eigenvalue weighted by Gasteiger charge is 2.37. The third kappa shape index (κ3) is 2.80. The molecule has 1 saturated carbocycles. The first-order valence-corrected chi connectivity index (χ1v) is 7.73. The van der Waals surface area contributed by atoms with Gasteiger partial charge in [-0.05, 0) is 51.4 Å². The molecule has 0 atom stereocenters. The molecule has 0 amide bonds. The zero-order chi connectivity index (χ0) is 11.3. The number of nitrogens with zero attached hydrogens (tertiary/aromatic N) is 1. The predicted octanol–water partition coefficient (Wildman–Crippen LogP) is 4.12. The Morgan fingerprint density at radius 2 is 1.50 bits per heavy atom. The lowest BCUT2D eigenvalue weighted by molar-refractivity contribution is -0.956. The zero-order valence-electron chi connectivity index (χ0n) is 11.2. The second kappa shape index (κ2) is 6.05. The van der Waals surface area contributed by atoms with E-state index in [1.807, 2.05) is 0 Å². The Morgan fingerprint density at radius 3 is 2.12 bits per heavy atom.